The third kappa shape index (κ3) is 3.50. The smallest absolute Gasteiger partial charge is 0.234 e. The molecule has 1 saturated heterocycles. The normalized spacial score (nSPS) is 24.1. The van der Waals surface area contributed by atoms with Crippen LogP contribution in [0.25, 0.3) is 0 Å². The molecule has 0 aliphatic carbocycles. The molecule has 0 saturated carbocycles. The van der Waals surface area contributed by atoms with Crippen LogP contribution in [0, 0.1) is 0 Å². The molecular weight excluding hydrogens is 282 g/mol. The van der Waals surface area contributed by atoms with Gasteiger partial charge in [-0.3, -0.25) is 0 Å². The van der Waals surface area contributed by atoms with Crippen LogP contribution < -0.4 is 0 Å². The first-order valence-corrected chi connectivity index (χ1v) is 14.3. The average Bonchev–Trinajstić information content (AvgIpc) is 2.51. The molecule has 1 unspecified atom stereocenters. The molecule has 20 heavy (non-hydrogen) atoms. The number of hydrogen-bond donors (Lipinski definition) is 0. The summed E-state index contributed by atoms with van der Waals surface area (Å²) in [7, 11) is -2.69. The van der Waals surface area contributed by atoms with Crippen LogP contribution in [0.5, 0.6) is 0 Å². The first-order valence-electron chi connectivity index (χ1n) is 8.35. The lowest BCUT2D eigenvalue weighted by Crippen LogP contribution is -2.67. The second kappa shape index (κ2) is 8.27. The van der Waals surface area contributed by atoms with E-state index in [1.807, 2.05) is 0 Å². The van der Waals surface area contributed by atoms with Crippen LogP contribution >= 0.6 is 0 Å². The van der Waals surface area contributed by atoms with E-state index in [9.17, 15) is 4.79 Å². The second-order valence-corrected chi connectivity index (χ2v) is 20.1. The molecule has 0 amide bonds. The van der Waals surface area contributed by atoms with Crippen LogP contribution in [0.15, 0.2) is 4.99 Å². The van der Waals surface area contributed by atoms with Crippen LogP contribution in [0.2, 0.25) is 30.2 Å². The minimum Gasteiger partial charge on any atom is -0.417 e. The minimum absolute atomic E-state index is 0.433. The highest BCUT2D eigenvalue weighted by molar-refractivity contribution is 7.40. The standard InChI is InChI=1S/C15H31NO2Si2/c1-5-19(6-2)13-11-15(10-9-12-16-14-17)18-20(19,7-3)8-4/h15H,5-13H2,1-4H3. The van der Waals surface area contributed by atoms with Crippen molar-refractivity contribution in [2.45, 2.75) is 83.3 Å². The zero-order valence-electron chi connectivity index (χ0n) is 13.7. The quantitative estimate of drug-likeness (QED) is 0.287. The summed E-state index contributed by atoms with van der Waals surface area (Å²) in [5.74, 6) is 0. The number of isocyanates is 1. The molecule has 0 radical (unpaired) electrons. The fourth-order valence-electron chi connectivity index (χ4n) is 4.23. The van der Waals surface area contributed by atoms with Gasteiger partial charge in [-0.1, -0.05) is 45.8 Å². The van der Waals surface area contributed by atoms with Crippen LogP contribution in [0.3, 0.4) is 0 Å². The van der Waals surface area contributed by atoms with Gasteiger partial charge in [-0.2, -0.15) is 0 Å². The third-order valence-corrected chi connectivity index (χ3v) is 25.8. The van der Waals surface area contributed by atoms with E-state index in [0.717, 1.165) is 12.8 Å². The molecule has 5 heteroatoms. The highest BCUT2D eigenvalue weighted by Crippen LogP contribution is 2.43. The van der Waals surface area contributed by atoms with E-state index in [4.69, 9.17) is 4.43 Å². The highest BCUT2D eigenvalue weighted by atomic mass is 29.3. The lowest BCUT2D eigenvalue weighted by Gasteiger charge is -2.52. The van der Waals surface area contributed by atoms with Crippen molar-refractivity contribution in [2.24, 2.45) is 4.99 Å². The van der Waals surface area contributed by atoms with E-state index in [-0.39, 0.29) is 0 Å². The predicted molar refractivity (Wildman–Crippen MR) is 90.0 cm³/mol. The Kier molecular flexibility index (Phi) is 7.37. The molecule has 0 aromatic heterocycles. The fourth-order valence-corrected chi connectivity index (χ4v) is 22.9. The molecule has 0 spiro atoms. The van der Waals surface area contributed by atoms with Crippen molar-refractivity contribution in [2.75, 3.05) is 6.54 Å². The molecule has 1 aliphatic heterocycles. The zero-order valence-corrected chi connectivity index (χ0v) is 15.7. The van der Waals surface area contributed by atoms with Crippen molar-refractivity contribution < 1.29 is 9.22 Å². The van der Waals surface area contributed by atoms with Gasteiger partial charge in [0.1, 0.15) is 0 Å². The molecule has 0 aromatic carbocycles. The van der Waals surface area contributed by atoms with Crippen LogP contribution in [-0.2, 0) is 9.22 Å². The first-order chi connectivity index (χ1) is 9.63. The van der Waals surface area contributed by atoms with Crippen molar-refractivity contribution in [1.82, 2.24) is 0 Å². The van der Waals surface area contributed by atoms with Gasteiger partial charge >= 0.3 is 0 Å². The van der Waals surface area contributed by atoms with Crippen LogP contribution in [-0.4, -0.2) is 34.2 Å². The van der Waals surface area contributed by atoms with E-state index in [1.54, 1.807) is 6.08 Å². The Morgan fingerprint density at radius 3 is 2.30 bits per heavy atom. The van der Waals surface area contributed by atoms with Gasteiger partial charge in [0.25, 0.3) is 0 Å². The molecule has 1 rings (SSSR count). The summed E-state index contributed by atoms with van der Waals surface area (Å²) in [4.78, 5) is 13.8. The Labute approximate surface area is 126 Å². The fraction of sp³-hybridized carbons (Fsp3) is 0.933. The Morgan fingerprint density at radius 2 is 1.80 bits per heavy atom. The van der Waals surface area contributed by atoms with Gasteiger partial charge in [-0.15, -0.1) is 0 Å². The van der Waals surface area contributed by atoms with Gasteiger partial charge in [-0.25, -0.2) is 9.79 Å². The van der Waals surface area contributed by atoms with E-state index < -0.39 is 15.4 Å². The van der Waals surface area contributed by atoms with Gasteiger partial charge in [0.15, 0.2) is 7.83 Å². The topological polar surface area (TPSA) is 38.7 Å². The molecule has 0 bridgehead atoms. The highest BCUT2D eigenvalue weighted by Gasteiger charge is 2.55. The summed E-state index contributed by atoms with van der Waals surface area (Å²) in [5, 5.41) is 0. The third-order valence-electron chi connectivity index (χ3n) is 5.66. The number of carbonyl (C=O) groups excluding carboxylic acids is 1. The predicted octanol–water partition coefficient (Wildman–Crippen LogP) is 4.44. The van der Waals surface area contributed by atoms with Crippen molar-refractivity contribution in [1.29, 1.82) is 0 Å². The minimum atomic E-state index is -1.51. The number of nitrogens with zero attached hydrogens (tertiary/aromatic N) is 1. The zero-order chi connectivity index (χ0) is 15.1. The van der Waals surface area contributed by atoms with Crippen molar-refractivity contribution in [3.05, 3.63) is 0 Å². The first kappa shape index (κ1) is 17.8. The molecule has 116 valence electrons. The largest absolute Gasteiger partial charge is 0.417 e. The van der Waals surface area contributed by atoms with E-state index in [0.29, 0.717) is 12.6 Å². The number of hydrogen-bond acceptors (Lipinski definition) is 3. The van der Waals surface area contributed by atoms with Crippen molar-refractivity contribution in [3.63, 3.8) is 0 Å². The number of rotatable bonds is 8. The molecular formula is C15H31NO2Si2. The van der Waals surface area contributed by atoms with Gasteiger partial charge in [0.2, 0.25) is 6.08 Å². The van der Waals surface area contributed by atoms with Crippen LogP contribution in [0.4, 0.5) is 0 Å². The Hall–Kier alpha value is -0.226. The Balaban J connectivity index is 2.74. The summed E-state index contributed by atoms with van der Waals surface area (Å²) in [6, 6.07) is 6.86. The summed E-state index contributed by atoms with van der Waals surface area (Å²) in [5.41, 5.74) is 0. The van der Waals surface area contributed by atoms with Crippen LogP contribution in [0.1, 0.15) is 47.0 Å². The lowest BCUT2D eigenvalue weighted by molar-refractivity contribution is 0.168. The molecule has 0 aromatic rings. The van der Waals surface area contributed by atoms with Gasteiger partial charge in [0, 0.05) is 6.10 Å². The van der Waals surface area contributed by atoms with E-state index >= 15 is 0 Å². The second-order valence-electron chi connectivity index (χ2n) is 6.08. The Morgan fingerprint density at radius 1 is 1.15 bits per heavy atom. The lowest BCUT2D eigenvalue weighted by atomic mass is 10.1. The molecule has 1 heterocycles. The van der Waals surface area contributed by atoms with Gasteiger partial charge < -0.3 is 4.43 Å². The van der Waals surface area contributed by atoms with Gasteiger partial charge in [-0.05, 0) is 31.4 Å². The summed E-state index contributed by atoms with van der Waals surface area (Å²) in [6.07, 6.45) is 5.33. The average molecular weight is 314 g/mol. The monoisotopic (exact) mass is 313 g/mol. The van der Waals surface area contributed by atoms with E-state index in [2.05, 4.69) is 32.7 Å². The summed E-state index contributed by atoms with van der Waals surface area (Å²) >= 11 is 0. The molecule has 1 atom stereocenters. The van der Waals surface area contributed by atoms with Crippen molar-refractivity contribution >= 4 is 21.5 Å². The molecule has 1 fully saturated rings. The maximum Gasteiger partial charge on any atom is 0.234 e. The maximum absolute atomic E-state index is 10.1. The molecule has 1 aliphatic rings. The van der Waals surface area contributed by atoms with Gasteiger partial charge in [0.05, 0.1) is 14.1 Å². The van der Waals surface area contributed by atoms with Crippen molar-refractivity contribution in [3.8, 4) is 0 Å². The summed E-state index contributed by atoms with van der Waals surface area (Å²) < 4.78 is 6.81. The summed E-state index contributed by atoms with van der Waals surface area (Å²) in [6.45, 7) is 10.2. The Bertz CT molecular complexity index is 335. The SMILES string of the molecule is CC[Si]1(CC)CCC(CCCN=C=O)O[Si]1(CC)CC. The van der Waals surface area contributed by atoms with E-state index in [1.165, 1.54) is 36.6 Å². The molecule has 0 N–H and O–H groups in total. The number of aliphatic imine (C=N–C) groups is 1. The molecule has 3 nitrogen and oxygen atoms in total. The maximum atomic E-state index is 10.1.